The minimum atomic E-state index is 0.566. The van der Waals surface area contributed by atoms with Crippen LogP contribution < -0.4 is 5.32 Å². The lowest BCUT2D eigenvalue weighted by molar-refractivity contribution is 0.866. The summed E-state index contributed by atoms with van der Waals surface area (Å²) in [6.07, 6.45) is 0. The highest BCUT2D eigenvalue weighted by Gasteiger charge is 2.04. The lowest BCUT2D eigenvalue weighted by atomic mass is 10.0. The van der Waals surface area contributed by atoms with Gasteiger partial charge in [0.2, 0.25) is 0 Å². The Bertz CT molecular complexity index is 515. The van der Waals surface area contributed by atoms with Gasteiger partial charge in [-0.1, -0.05) is 26.0 Å². The molecule has 0 aliphatic rings. The summed E-state index contributed by atoms with van der Waals surface area (Å²) in [5, 5.41) is 3.47. The molecule has 0 saturated heterocycles. The highest BCUT2D eigenvalue weighted by molar-refractivity contribution is 9.13. The fourth-order valence-electron chi connectivity index (χ4n) is 1.68. The van der Waals surface area contributed by atoms with Gasteiger partial charge >= 0.3 is 0 Å². The Labute approximate surface area is 129 Å². The van der Waals surface area contributed by atoms with Crippen LogP contribution in [0.5, 0.6) is 0 Å². The Kier molecular flexibility index (Phi) is 4.87. The summed E-state index contributed by atoms with van der Waals surface area (Å²) < 4.78 is 2.27. The van der Waals surface area contributed by atoms with Crippen LogP contribution in [0.2, 0.25) is 0 Å². The third-order valence-electron chi connectivity index (χ3n) is 2.72. The second-order valence-corrected chi connectivity index (χ2v) is 7.78. The molecule has 0 aliphatic carbocycles. The molecule has 18 heavy (non-hydrogen) atoms. The van der Waals surface area contributed by atoms with Gasteiger partial charge in [-0.3, -0.25) is 0 Å². The second-order valence-electron chi connectivity index (χ2n) is 4.47. The van der Waals surface area contributed by atoms with Crippen LogP contribution in [-0.2, 0) is 6.54 Å². The maximum Gasteiger partial charge on any atom is 0.0843 e. The Hall–Kier alpha value is -0.320. The van der Waals surface area contributed by atoms with E-state index < -0.39 is 0 Å². The summed E-state index contributed by atoms with van der Waals surface area (Å²) in [7, 11) is 0. The minimum Gasteiger partial charge on any atom is -0.380 e. The molecule has 1 aromatic heterocycles. The fourth-order valence-corrected chi connectivity index (χ4v) is 3.79. The van der Waals surface area contributed by atoms with Crippen molar-refractivity contribution in [1.82, 2.24) is 0 Å². The van der Waals surface area contributed by atoms with Gasteiger partial charge in [0, 0.05) is 21.6 Å². The van der Waals surface area contributed by atoms with Crippen LogP contribution >= 0.6 is 43.2 Å². The zero-order chi connectivity index (χ0) is 13.1. The molecule has 4 heteroatoms. The van der Waals surface area contributed by atoms with E-state index in [2.05, 4.69) is 81.4 Å². The maximum absolute atomic E-state index is 3.52. The zero-order valence-electron chi connectivity index (χ0n) is 10.3. The van der Waals surface area contributed by atoms with Crippen LogP contribution in [0.3, 0.4) is 0 Å². The molecule has 0 aliphatic heterocycles. The quantitative estimate of drug-likeness (QED) is 0.676. The van der Waals surface area contributed by atoms with Gasteiger partial charge in [0.1, 0.15) is 0 Å². The van der Waals surface area contributed by atoms with Crippen LogP contribution in [-0.4, -0.2) is 0 Å². The van der Waals surface area contributed by atoms with E-state index in [1.54, 1.807) is 11.3 Å². The molecule has 96 valence electrons. The van der Waals surface area contributed by atoms with Gasteiger partial charge in [-0.25, -0.2) is 0 Å². The molecule has 0 bridgehead atoms. The third kappa shape index (κ3) is 3.59. The van der Waals surface area contributed by atoms with Crippen molar-refractivity contribution in [2.24, 2.45) is 0 Å². The van der Waals surface area contributed by atoms with Crippen molar-refractivity contribution < 1.29 is 0 Å². The standard InChI is InChI=1S/C14H15Br2NS/c1-9(2)10-4-3-5-11(6-10)17-8-12-7-13(15)14(16)18-12/h3-7,9,17H,8H2,1-2H3. The Morgan fingerprint density at radius 3 is 2.61 bits per heavy atom. The van der Waals surface area contributed by atoms with Crippen molar-refractivity contribution in [3.05, 3.63) is 49.0 Å². The van der Waals surface area contributed by atoms with Crippen LogP contribution in [0.4, 0.5) is 5.69 Å². The van der Waals surface area contributed by atoms with Gasteiger partial charge in [0.15, 0.2) is 0 Å². The van der Waals surface area contributed by atoms with E-state index in [-0.39, 0.29) is 0 Å². The van der Waals surface area contributed by atoms with Gasteiger partial charge in [-0.2, -0.15) is 0 Å². The minimum absolute atomic E-state index is 0.566. The first-order valence-corrected chi connectivity index (χ1v) is 8.24. The predicted molar refractivity (Wildman–Crippen MR) is 87.6 cm³/mol. The van der Waals surface area contributed by atoms with Gasteiger partial charge in [-0.15, -0.1) is 11.3 Å². The van der Waals surface area contributed by atoms with Crippen LogP contribution in [0.15, 0.2) is 38.6 Å². The molecule has 0 spiro atoms. The highest BCUT2D eigenvalue weighted by atomic mass is 79.9. The summed E-state index contributed by atoms with van der Waals surface area (Å²) in [4.78, 5) is 1.31. The molecule has 1 heterocycles. The first kappa shape index (κ1) is 14.1. The van der Waals surface area contributed by atoms with Crippen molar-refractivity contribution in [3.63, 3.8) is 0 Å². The molecular weight excluding hydrogens is 374 g/mol. The lowest BCUT2D eigenvalue weighted by Gasteiger charge is -2.09. The first-order valence-electron chi connectivity index (χ1n) is 5.84. The molecule has 1 nitrogen and oxygen atoms in total. The van der Waals surface area contributed by atoms with Crippen molar-refractivity contribution >= 4 is 48.9 Å². The largest absolute Gasteiger partial charge is 0.380 e. The molecule has 2 rings (SSSR count). The SMILES string of the molecule is CC(C)c1cccc(NCc2cc(Br)c(Br)s2)c1. The molecule has 0 fully saturated rings. The van der Waals surface area contributed by atoms with Crippen molar-refractivity contribution in [3.8, 4) is 0 Å². The Balaban J connectivity index is 2.03. The number of halogens is 2. The monoisotopic (exact) mass is 387 g/mol. The van der Waals surface area contributed by atoms with Crippen molar-refractivity contribution in [2.75, 3.05) is 5.32 Å². The Morgan fingerprint density at radius 2 is 2.00 bits per heavy atom. The lowest BCUT2D eigenvalue weighted by Crippen LogP contribution is -1.98. The van der Waals surface area contributed by atoms with Crippen LogP contribution in [0.1, 0.15) is 30.2 Å². The number of thiophene rings is 1. The molecular formula is C14H15Br2NS. The molecule has 1 N–H and O–H groups in total. The number of anilines is 1. The average Bonchev–Trinajstić information content (AvgIpc) is 2.67. The zero-order valence-corrected chi connectivity index (χ0v) is 14.3. The molecule has 0 amide bonds. The summed E-state index contributed by atoms with van der Waals surface area (Å²) >= 11 is 8.78. The fraction of sp³-hybridized carbons (Fsp3) is 0.286. The molecule has 0 atom stereocenters. The van der Waals surface area contributed by atoms with Crippen molar-refractivity contribution in [1.29, 1.82) is 0 Å². The number of benzene rings is 1. The summed E-state index contributed by atoms with van der Waals surface area (Å²) in [5.41, 5.74) is 2.55. The Morgan fingerprint density at radius 1 is 1.22 bits per heavy atom. The number of nitrogens with one attached hydrogen (secondary N) is 1. The average molecular weight is 389 g/mol. The predicted octanol–water partition coefficient (Wildman–Crippen LogP) is 6.01. The summed E-state index contributed by atoms with van der Waals surface area (Å²) in [6.45, 7) is 5.29. The van der Waals surface area contributed by atoms with Crippen LogP contribution in [0.25, 0.3) is 0 Å². The molecule has 1 aromatic carbocycles. The van der Waals surface area contributed by atoms with E-state index in [0.29, 0.717) is 5.92 Å². The first-order chi connectivity index (χ1) is 8.56. The highest BCUT2D eigenvalue weighted by Crippen LogP contribution is 2.32. The van der Waals surface area contributed by atoms with E-state index in [0.717, 1.165) is 14.8 Å². The molecule has 0 unspecified atom stereocenters. The third-order valence-corrected chi connectivity index (χ3v) is 5.97. The van der Waals surface area contributed by atoms with E-state index in [4.69, 9.17) is 0 Å². The molecule has 0 saturated carbocycles. The molecule has 0 radical (unpaired) electrons. The van der Waals surface area contributed by atoms with Crippen molar-refractivity contribution in [2.45, 2.75) is 26.3 Å². The summed E-state index contributed by atoms with van der Waals surface area (Å²) in [6, 6.07) is 10.8. The molecule has 2 aromatic rings. The van der Waals surface area contributed by atoms with Gasteiger partial charge in [0.05, 0.1) is 3.79 Å². The number of hydrogen-bond donors (Lipinski definition) is 1. The van der Waals surface area contributed by atoms with E-state index in [1.807, 2.05) is 0 Å². The number of rotatable bonds is 4. The maximum atomic E-state index is 3.52. The van der Waals surface area contributed by atoms with E-state index >= 15 is 0 Å². The van der Waals surface area contributed by atoms with Crippen LogP contribution in [0, 0.1) is 0 Å². The van der Waals surface area contributed by atoms with E-state index in [9.17, 15) is 0 Å². The van der Waals surface area contributed by atoms with Gasteiger partial charge < -0.3 is 5.32 Å². The number of hydrogen-bond acceptors (Lipinski definition) is 2. The topological polar surface area (TPSA) is 12.0 Å². The normalized spacial score (nSPS) is 10.9. The van der Waals surface area contributed by atoms with Gasteiger partial charge in [0.25, 0.3) is 0 Å². The van der Waals surface area contributed by atoms with E-state index in [1.165, 1.54) is 16.1 Å². The smallest absolute Gasteiger partial charge is 0.0843 e. The summed E-state index contributed by atoms with van der Waals surface area (Å²) in [5.74, 6) is 0.566. The van der Waals surface area contributed by atoms with Gasteiger partial charge in [-0.05, 0) is 61.5 Å². The second kappa shape index (κ2) is 6.22.